The number of hydrogen-bond donors (Lipinski definition) is 0. The number of rotatable bonds is 0. The quantitative estimate of drug-likeness (QED) is 0.694. The second kappa shape index (κ2) is 3.41. The van der Waals surface area contributed by atoms with E-state index < -0.39 is 0 Å². The van der Waals surface area contributed by atoms with Gasteiger partial charge in [0.2, 0.25) is 0 Å². The van der Waals surface area contributed by atoms with Gasteiger partial charge in [-0.3, -0.25) is 4.79 Å². The van der Waals surface area contributed by atoms with Crippen LogP contribution in [0.3, 0.4) is 0 Å². The highest BCUT2D eigenvalue weighted by Crippen LogP contribution is 2.08. The normalized spacial score (nSPS) is 10.2. The first-order valence-electron chi connectivity index (χ1n) is 3.83. The Bertz CT molecular complexity index is 510. The van der Waals surface area contributed by atoms with Crippen LogP contribution in [0.4, 0.5) is 0 Å². The molecular formula is C10H6INO. The molecule has 2 rings (SSSR count). The second-order valence-electron chi connectivity index (χ2n) is 2.66. The summed E-state index contributed by atoms with van der Waals surface area (Å²) < 4.78 is 0.647. The van der Waals surface area contributed by atoms with Crippen molar-refractivity contribution < 1.29 is 0 Å². The molecule has 1 aromatic heterocycles. The van der Waals surface area contributed by atoms with E-state index in [-0.39, 0.29) is 5.56 Å². The molecule has 0 aliphatic carbocycles. The van der Waals surface area contributed by atoms with Crippen LogP contribution in [0, 0.1) is 3.57 Å². The molecule has 0 fully saturated rings. The molecule has 0 unspecified atom stereocenters. The lowest BCUT2D eigenvalue weighted by atomic mass is 10.2. The van der Waals surface area contributed by atoms with Gasteiger partial charge < -0.3 is 0 Å². The molecule has 64 valence electrons. The summed E-state index contributed by atoms with van der Waals surface area (Å²) in [4.78, 5) is 15.3. The van der Waals surface area contributed by atoms with Gasteiger partial charge in [0, 0.05) is 5.39 Å². The first-order chi connectivity index (χ1) is 6.27. The molecule has 0 aliphatic rings. The van der Waals surface area contributed by atoms with Crippen LogP contribution in [0.25, 0.3) is 10.9 Å². The molecule has 13 heavy (non-hydrogen) atoms. The summed E-state index contributed by atoms with van der Waals surface area (Å²) in [5.74, 6) is 0. The summed E-state index contributed by atoms with van der Waals surface area (Å²) in [6, 6.07) is 11.3. The van der Waals surface area contributed by atoms with E-state index in [9.17, 15) is 4.79 Å². The van der Waals surface area contributed by atoms with Gasteiger partial charge in [-0.25, -0.2) is 4.98 Å². The average Bonchev–Trinajstić information content (AvgIpc) is 2.28. The van der Waals surface area contributed by atoms with Crippen molar-refractivity contribution in [1.82, 2.24) is 4.98 Å². The molecule has 2 aromatic rings. The number of hydrogen-bond acceptors (Lipinski definition) is 2. The summed E-state index contributed by atoms with van der Waals surface area (Å²) >= 11 is 1.99. The molecule has 0 spiro atoms. The number of halogens is 1. The smallest absolute Gasteiger partial charge is 0.266 e. The molecule has 1 heterocycles. The Morgan fingerprint density at radius 1 is 1.08 bits per heavy atom. The number of para-hydroxylation sites is 1. The van der Waals surface area contributed by atoms with E-state index in [1.807, 2.05) is 52.9 Å². The monoisotopic (exact) mass is 283 g/mol. The third-order valence-electron chi connectivity index (χ3n) is 1.77. The van der Waals surface area contributed by atoms with Gasteiger partial charge in [0.15, 0.2) is 0 Å². The maximum absolute atomic E-state index is 11.3. The van der Waals surface area contributed by atoms with Crippen LogP contribution in [0.5, 0.6) is 0 Å². The van der Waals surface area contributed by atoms with Gasteiger partial charge in [-0.05, 0) is 34.7 Å². The molecule has 0 bridgehead atoms. The fraction of sp³-hybridized carbons (Fsp3) is 0. The highest BCUT2D eigenvalue weighted by atomic mass is 127. The zero-order valence-corrected chi connectivity index (χ0v) is 8.86. The van der Waals surface area contributed by atoms with Crippen molar-refractivity contribution in [2.45, 2.75) is 0 Å². The first kappa shape index (κ1) is 8.62. The zero-order valence-electron chi connectivity index (χ0n) is 6.70. The molecule has 3 heteroatoms. The van der Waals surface area contributed by atoms with Crippen molar-refractivity contribution in [2.75, 3.05) is 0 Å². The predicted octanol–water partition coefficient (Wildman–Crippen LogP) is 2.20. The first-order valence-corrected chi connectivity index (χ1v) is 4.91. The number of aromatic nitrogens is 1. The maximum Gasteiger partial charge on any atom is 0.283 e. The van der Waals surface area contributed by atoms with E-state index in [0.717, 1.165) is 10.9 Å². The Kier molecular flexibility index (Phi) is 2.26. The summed E-state index contributed by atoms with van der Waals surface area (Å²) in [6.07, 6.45) is 0. The maximum atomic E-state index is 11.3. The lowest BCUT2D eigenvalue weighted by Gasteiger charge is -1.86. The van der Waals surface area contributed by atoms with Crippen molar-refractivity contribution in [3.8, 4) is 0 Å². The molecule has 0 saturated heterocycles. The SMILES string of the molecule is O=c1nc2ccccc2ccc1I. The fourth-order valence-electron chi connectivity index (χ4n) is 1.13. The molecule has 0 aliphatic heterocycles. The van der Waals surface area contributed by atoms with Crippen molar-refractivity contribution in [3.05, 3.63) is 50.3 Å². The highest BCUT2D eigenvalue weighted by Gasteiger charge is 1.95. The molecule has 0 radical (unpaired) electrons. The molecule has 1 aromatic carbocycles. The van der Waals surface area contributed by atoms with Gasteiger partial charge in [0.05, 0.1) is 9.09 Å². The third kappa shape index (κ3) is 1.70. The molecule has 2 nitrogen and oxygen atoms in total. The fourth-order valence-corrected chi connectivity index (χ4v) is 1.43. The van der Waals surface area contributed by atoms with Crippen molar-refractivity contribution in [2.24, 2.45) is 0 Å². The Morgan fingerprint density at radius 2 is 1.85 bits per heavy atom. The molecule has 0 N–H and O–H groups in total. The minimum absolute atomic E-state index is 0.165. The minimum Gasteiger partial charge on any atom is -0.266 e. The standard InChI is InChI=1S/C10H6INO/c11-8-6-5-7-3-1-2-4-9(7)12-10(8)13/h1-6H. The van der Waals surface area contributed by atoms with Crippen molar-refractivity contribution in [3.63, 3.8) is 0 Å². The second-order valence-corrected chi connectivity index (χ2v) is 3.82. The Balaban J connectivity index is 2.97. The van der Waals surface area contributed by atoms with Crippen LogP contribution in [-0.2, 0) is 0 Å². The van der Waals surface area contributed by atoms with Crippen LogP contribution in [0.15, 0.2) is 41.2 Å². The molecule has 0 saturated carbocycles. The summed E-state index contributed by atoms with van der Waals surface area (Å²) in [7, 11) is 0. The average molecular weight is 283 g/mol. The summed E-state index contributed by atoms with van der Waals surface area (Å²) in [6.45, 7) is 0. The highest BCUT2D eigenvalue weighted by molar-refractivity contribution is 14.1. The van der Waals surface area contributed by atoms with E-state index in [1.54, 1.807) is 6.07 Å². The van der Waals surface area contributed by atoms with E-state index in [1.165, 1.54) is 0 Å². The summed E-state index contributed by atoms with van der Waals surface area (Å²) in [5.41, 5.74) is 0.581. The van der Waals surface area contributed by atoms with Gasteiger partial charge in [0.25, 0.3) is 5.56 Å². The largest absolute Gasteiger partial charge is 0.283 e. The van der Waals surface area contributed by atoms with Crippen LogP contribution < -0.4 is 5.56 Å². The third-order valence-corrected chi connectivity index (χ3v) is 2.59. The number of fused-ring (bicyclic) bond motifs is 1. The number of benzene rings is 1. The summed E-state index contributed by atoms with van der Waals surface area (Å²) in [5, 5.41) is 0.988. The predicted molar refractivity (Wildman–Crippen MR) is 60.7 cm³/mol. The van der Waals surface area contributed by atoms with Crippen molar-refractivity contribution >= 4 is 33.5 Å². The molecule has 0 amide bonds. The minimum atomic E-state index is -0.165. The van der Waals surface area contributed by atoms with Gasteiger partial charge in [-0.15, -0.1) is 0 Å². The Hall–Kier alpha value is -0.970. The Labute approximate surface area is 88.8 Å². The van der Waals surface area contributed by atoms with Gasteiger partial charge >= 0.3 is 0 Å². The van der Waals surface area contributed by atoms with E-state index >= 15 is 0 Å². The lowest BCUT2D eigenvalue weighted by Crippen LogP contribution is -2.04. The zero-order chi connectivity index (χ0) is 9.26. The van der Waals surface area contributed by atoms with Crippen molar-refractivity contribution in [1.29, 1.82) is 0 Å². The Morgan fingerprint density at radius 3 is 2.69 bits per heavy atom. The van der Waals surface area contributed by atoms with Gasteiger partial charge in [-0.1, -0.05) is 24.3 Å². The van der Waals surface area contributed by atoms with E-state index in [0.29, 0.717) is 3.57 Å². The molecular weight excluding hydrogens is 277 g/mol. The topological polar surface area (TPSA) is 30.0 Å². The van der Waals surface area contributed by atoms with Crippen LogP contribution >= 0.6 is 22.6 Å². The van der Waals surface area contributed by atoms with Gasteiger partial charge in [-0.2, -0.15) is 0 Å². The van der Waals surface area contributed by atoms with E-state index in [4.69, 9.17) is 0 Å². The van der Waals surface area contributed by atoms with E-state index in [2.05, 4.69) is 4.98 Å². The van der Waals surface area contributed by atoms with Gasteiger partial charge in [0.1, 0.15) is 0 Å². The lowest BCUT2D eigenvalue weighted by molar-refractivity contribution is 1.30. The van der Waals surface area contributed by atoms with Crippen LogP contribution in [0.2, 0.25) is 0 Å². The number of nitrogens with zero attached hydrogens (tertiary/aromatic N) is 1. The van der Waals surface area contributed by atoms with Crippen LogP contribution in [0.1, 0.15) is 0 Å². The van der Waals surface area contributed by atoms with Crippen LogP contribution in [-0.4, -0.2) is 4.98 Å². The molecule has 0 atom stereocenters.